The van der Waals surface area contributed by atoms with Gasteiger partial charge in [0.1, 0.15) is 5.15 Å². The van der Waals surface area contributed by atoms with Gasteiger partial charge in [-0.2, -0.15) is 0 Å². The second kappa shape index (κ2) is 3.07. The molecule has 0 radical (unpaired) electrons. The van der Waals surface area contributed by atoms with Crippen molar-refractivity contribution in [2.75, 3.05) is 6.54 Å². The molecule has 0 spiro atoms. The van der Waals surface area contributed by atoms with Crippen LogP contribution in [-0.4, -0.2) is 17.6 Å². The van der Waals surface area contributed by atoms with E-state index in [2.05, 4.69) is 16.4 Å². The maximum absolute atomic E-state index is 5.75. The predicted molar refractivity (Wildman–Crippen MR) is 57.1 cm³/mol. The summed E-state index contributed by atoms with van der Waals surface area (Å²) in [6.07, 6.45) is 5.38. The quantitative estimate of drug-likeness (QED) is 0.712. The molecule has 0 bridgehead atoms. The smallest absolute Gasteiger partial charge is 0.129 e. The van der Waals surface area contributed by atoms with E-state index in [1.54, 1.807) is 0 Å². The first-order valence-electron chi connectivity index (χ1n) is 4.90. The minimum absolute atomic E-state index is 0.561. The van der Waals surface area contributed by atoms with Crippen LogP contribution in [0.4, 0.5) is 0 Å². The lowest BCUT2D eigenvalue weighted by atomic mass is 9.89. The summed E-state index contributed by atoms with van der Waals surface area (Å²) >= 11 is 5.75. The molecule has 3 rings (SSSR count). The van der Waals surface area contributed by atoms with E-state index in [4.69, 9.17) is 11.6 Å². The van der Waals surface area contributed by atoms with E-state index in [1.165, 1.54) is 17.6 Å². The molecule has 0 unspecified atom stereocenters. The summed E-state index contributed by atoms with van der Waals surface area (Å²) in [4.78, 5) is 4.10. The van der Waals surface area contributed by atoms with Crippen molar-refractivity contribution in [3.05, 3.63) is 35.1 Å². The molecule has 2 nitrogen and oxygen atoms in total. The van der Waals surface area contributed by atoms with Gasteiger partial charge in [0.25, 0.3) is 0 Å². The number of fused-ring (bicyclic) bond motifs is 1. The average molecular weight is 207 g/mol. The van der Waals surface area contributed by atoms with Gasteiger partial charge in [0, 0.05) is 18.8 Å². The van der Waals surface area contributed by atoms with Crippen molar-refractivity contribution >= 4 is 17.2 Å². The Kier molecular flexibility index (Phi) is 1.85. The van der Waals surface area contributed by atoms with E-state index in [0.29, 0.717) is 11.2 Å². The number of halogens is 1. The molecular formula is C11H11ClN2. The highest BCUT2D eigenvalue weighted by Crippen LogP contribution is 2.37. The molecule has 1 aliphatic heterocycles. The first kappa shape index (κ1) is 8.45. The molecule has 1 saturated heterocycles. The number of aromatic nitrogens is 1. The fourth-order valence-electron chi connectivity index (χ4n) is 2.23. The molecule has 2 heterocycles. The van der Waals surface area contributed by atoms with Gasteiger partial charge in [-0.1, -0.05) is 23.7 Å². The van der Waals surface area contributed by atoms with Crippen LogP contribution in [-0.2, 0) is 0 Å². The third kappa shape index (κ3) is 1.18. The van der Waals surface area contributed by atoms with Gasteiger partial charge in [0.15, 0.2) is 0 Å². The summed E-state index contributed by atoms with van der Waals surface area (Å²) < 4.78 is 0. The predicted octanol–water partition coefficient (Wildman–Crippen LogP) is 2.11. The largest absolute Gasteiger partial charge is 0.309 e. The summed E-state index contributed by atoms with van der Waals surface area (Å²) in [5, 5.41) is 4.00. The number of hydrogen-bond donors (Lipinski definition) is 1. The van der Waals surface area contributed by atoms with Gasteiger partial charge in [0.2, 0.25) is 0 Å². The minimum atomic E-state index is 0.561. The third-order valence-corrected chi connectivity index (χ3v) is 3.33. The Morgan fingerprint density at radius 2 is 2.36 bits per heavy atom. The Bertz CT molecular complexity index is 383. The molecule has 1 N–H and O–H groups in total. The number of nitrogens with one attached hydrogen (secondary N) is 1. The van der Waals surface area contributed by atoms with E-state index in [1.807, 2.05) is 18.3 Å². The van der Waals surface area contributed by atoms with Crippen molar-refractivity contribution < 1.29 is 0 Å². The maximum atomic E-state index is 5.75. The zero-order valence-electron chi connectivity index (χ0n) is 7.70. The van der Waals surface area contributed by atoms with Crippen LogP contribution in [0.3, 0.4) is 0 Å². The van der Waals surface area contributed by atoms with E-state index >= 15 is 0 Å². The molecule has 0 saturated carbocycles. The van der Waals surface area contributed by atoms with E-state index in [0.717, 1.165) is 12.5 Å². The summed E-state index contributed by atoms with van der Waals surface area (Å²) in [5.41, 5.74) is 2.60. The monoisotopic (exact) mass is 206 g/mol. The van der Waals surface area contributed by atoms with Crippen LogP contribution in [0.25, 0.3) is 5.57 Å². The molecule has 1 fully saturated rings. The Balaban J connectivity index is 1.92. The van der Waals surface area contributed by atoms with Crippen LogP contribution in [0, 0.1) is 5.92 Å². The molecular weight excluding hydrogens is 196 g/mol. The van der Waals surface area contributed by atoms with Crippen LogP contribution >= 0.6 is 11.6 Å². The zero-order valence-corrected chi connectivity index (χ0v) is 8.46. The number of nitrogens with zero attached hydrogens (tertiary/aromatic N) is 1. The Morgan fingerprint density at radius 3 is 2.93 bits per heavy atom. The molecule has 1 aromatic heterocycles. The molecule has 14 heavy (non-hydrogen) atoms. The third-order valence-electron chi connectivity index (χ3n) is 3.11. The molecule has 2 atom stereocenters. The standard InChI is InChI=1S/C11H11ClN2/c12-10-4-2-7(5-13-10)9-3-1-8-6-14-11(8)9/h2-5,8,11,14H,1,6H2/t8-,11+/m1/s1. The Morgan fingerprint density at radius 1 is 1.43 bits per heavy atom. The van der Waals surface area contributed by atoms with Crippen LogP contribution in [0.5, 0.6) is 0 Å². The van der Waals surface area contributed by atoms with Gasteiger partial charge in [-0.05, 0) is 29.5 Å². The lowest BCUT2D eigenvalue weighted by molar-refractivity contribution is 0.307. The summed E-state index contributed by atoms with van der Waals surface area (Å²) in [6, 6.07) is 4.46. The Labute approximate surface area is 88.0 Å². The van der Waals surface area contributed by atoms with Gasteiger partial charge in [-0.15, -0.1) is 0 Å². The summed E-state index contributed by atoms with van der Waals surface area (Å²) in [5.74, 6) is 0.820. The van der Waals surface area contributed by atoms with Crippen molar-refractivity contribution in [3.8, 4) is 0 Å². The number of pyridine rings is 1. The van der Waals surface area contributed by atoms with Gasteiger partial charge in [-0.3, -0.25) is 0 Å². The topological polar surface area (TPSA) is 24.9 Å². The fraction of sp³-hybridized carbons (Fsp3) is 0.364. The first-order chi connectivity index (χ1) is 6.84. The average Bonchev–Trinajstić information content (AvgIpc) is 2.43. The lowest BCUT2D eigenvalue weighted by Gasteiger charge is -2.34. The fourth-order valence-corrected chi connectivity index (χ4v) is 2.35. The van der Waals surface area contributed by atoms with Crippen molar-refractivity contribution in [2.24, 2.45) is 5.92 Å². The summed E-state index contributed by atoms with van der Waals surface area (Å²) in [6.45, 7) is 1.16. The van der Waals surface area contributed by atoms with E-state index < -0.39 is 0 Å². The van der Waals surface area contributed by atoms with Crippen molar-refractivity contribution in [1.82, 2.24) is 10.3 Å². The van der Waals surface area contributed by atoms with Gasteiger partial charge in [-0.25, -0.2) is 4.98 Å². The highest BCUT2D eigenvalue weighted by molar-refractivity contribution is 6.29. The molecule has 3 heteroatoms. The Hall–Kier alpha value is -0.860. The second-order valence-electron chi connectivity index (χ2n) is 3.91. The van der Waals surface area contributed by atoms with Gasteiger partial charge >= 0.3 is 0 Å². The lowest BCUT2D eigenvalue weighted by Crippen LogP contribution is -2.50. The molecule has 1 aliphatic carbocycles. The van der Waals surface area contributed by atoms with Crippen LogP contribution in [0.2, 0.25) is 5.15 Å². The molecule has 0 amide bonds. The van der Waals surface area contributed by atoms with E-state index in [-0.39, 0.29) is 0 Å². The maximum Gasteiger partial charge on any atom is 0.129 e. The number of hydrogen-bond acceptors (Lipinski definition) is 2. The molecule has 0 aromatic carbocycles. The molecule has 1 aromatic rings. The van der Waals surface area contributed by atoms with Crippen LogP contribution < -0.4 is 5.32 Å². The highest BCUT2D eigenvalue weighted by Gasteiger charge is 2.36. The van der Waals surface area contributed by atoms with Crippen molar-refractivity contribution in [1.29, 1.82) is 0 Å². The second-order valence-corrected chi connectivity index (χ2v) is 4.30. The normalized spacial score (nSPS) is 29.4. The van der Waals surface area contributed by atoms with Gasteiger partial charge < -0.3 is 5.32 Å². The van der Waals surface area contributed by atoms with E-state index in [9.17, 15) is 0 Å². The zero-order chi connectivity index (χ0) is 9.54. The first-order valence-corrected chi connectivity index (χ1v) is 5.28. The van der Waals surface area contributed by atoms with Crippen LogP contribution in [0.1, 0.15) is 12.0 Å². The molecule has 2 aliphatic rings. The van der Waals surface area contributed by atoms with Gasteiger partial charge in [0.05, 0.1) is 0 Å². The number of allylic oxidation sites excluding steroid dienone is 1. The SMILES string of the molecule is Clc1ccc(C2=CC[C@@H]3CN[C@H]23)cn1. The molecule has 72 valence electrons. The van der Waals surface area contributed by atoms with Crippen molar-refractivity contribution in [2.45, 2.75) is 12.5 Å². The number of rotatable bonds is 1. The van der Waals surface area contributed by atoms with Crippen LogP contribution in [0.15, 0.2) is 24.4 Å². The summed E-state index contributed by atoms with van der Waals surface area (Å²) in [7, 11) is 0. The highest BCUT2D eigenvalue weighted by atomic mass is 35.5. The van der Waals surface area contributed by atoms with Crippen molar-refractivity contribution in [3.63, 3.8) is 0 Å². The minimum Gasteiger partial charge on any atom is -0.309 e.